The maximum atomic E-state index is 2.53. The fourth-order valence-corrected chi connectivity index (χ4v) is 8.28. The highest BCUT2D eigenvalue weighted by Gasteiger charge is 2.37. The third-order valence-corrected chi connectivity index (χ3v) is 11.4. The summed E-state index contributed by atoms with van der Waals surface area (Å²) in [5.41, 5.74) is 13.4. The van der Waals surface area contributed by atoms with Crippen LogP contribution in [0.3, 0.4) is 0 Å². The van der Waals surface area contributed by atoms with Crippen LogP contribution in [0, 0.1) is 23.7 Å². The van der Waals surface area contributed by atoms with Crippen molar-refractivity contribution >= 4 is 10.8 Å². The van der Waals surface area contributed by atoms with Gasteiger partial charge in [0.1, 0.15) is 0 Å². The van der Waals surface area contributed by atoms with Crippen molar-refractivity contribution in [2.75, 3.05) is 0 Å². The van der Waals surface area contributed by atoms with Gasteiger partial charge < -0.3 is 0 Å². The molecule has 0 amide bonds. The minimum Gasteiger partial charge on any atom is -0.0776 e. The van der Waals surface area contributed by atoms with Gasteiger partial charge in [-0.05, 0) is 128 Å². The molecule has 0 aliphatic heterocycles. The molecule has 3 aromatic rings. The van der Waals surface area contributed by atoms with E-state index in [-0.39, 0.29) is 29.7 Å². The smallest absolute Gasteiger partial charge is 0.0143 e. The Morgan fingerprint density at radius 1 is 0.365 bits per heavy atom. The lowest BCUT2D eigenvalue weighted by Gasteiger charge is -2.18. The van der Waals surface area contributed by atoms with Crippen LogP contribution in [-0.4, -0.2) is 0 Å². The minimum atomic E-state index is 0. The molecule has 4 aliphatic rings. The second-order valence-electron chi connectivity index (χ2n) is 13.5. The van der Waals surface area contributed by atoms with E-state index < -0.39 is 0 Å². The van der Waals surface area contributed by atoms with Crippen LogP contribution in [0.1, 0.15) is 236 Å². The van der Waals surface area contributed by atoms with Gasteiger partial charge in [-0.2, -0.15) is 0 Å². The maximum absolute atomic E-state index is 2.53. The summed E-state index contributed by atoms with van der Waals surface area (Å²) in [6.45, 7) is 43.3. The van der Waals surface area contributed by atoms with Crippen LogP contribution < -0.4 is 0 Å². The molecule has 0 saturated heterocycles. The van der Waals surface area contributed by atoms with Crippen molar-refractivity contribution in [3.63, 3.8) is 0 Å². The van der Waals surface area contributed by atoms with Crippen molar-refractivity contribution in [1.82, 2.24) is 0 Å². The zero-order valence-electron chi connectivity index (χ0n) is 35.9. The standard InChI is InChI=1S/C20H24.C16H22.6C2H6.4CH4/c1-11-9-17-15-7-5-6-8-16(15)19-13(3)12(2)10-18(19)20(17)14(11)4;1-9-5-13-7-16-12(4)10(2)6-14(16)8-15(13)11(9)3;6*1-2;;;;/h5-8,11-14H,9-10H2,1-4H3;7-12H,5-6H2,1-4H3;6*1-2H3;4*1H4/t11-,12-,13-,14-;9-,10-,11-,12-;;;;;;;;;;/m11........../s1. The van der Waals surface area contributed by atoms with E-state index in [2.05, 4.69) is 91.8 Å². The first kappa shape index (κ1) is 59.2. The van der Waals surface area contributed by atoms with E-state index in [1.807, 2.05) is 83.1 Å². The van der Waals surface area contributed by atoms with Gasteiger partial charge in [-0.3, -0.25) is 0 Å². The Morgan fingerprint density at radius 3 is 1.06 bits per heavy atom. The Balaban J connectivity index is -0.000000210. The largest absolute Gasteiger partial charge is 0.0776 e. The van der Waals surface area contributed by atoms with Gasteiger partial charge in [0, 0.05) is 0 Å². The lowest BCUT2D eigenvalue weighted by Crippen LogP contribution is -2.01. The predicted octanol–water partition coefficient (Wildman–Crippen LogP) is 18.4. The summed E-state index contributed by atoms with van der Waals surface area (Å²) in [4.78, 5) is 0. The number of rotatable bonds is 0. The maximum Gasteiger partial charge on any atom is -0.0143 e. The van der Waals surface area contributed by atoms with Crippen molar-refractivity contribution in [1.29, 1.82) is 0 Å². The molecule has 0 fully saturated rings. The molecular formula is C52H98. The number of benzene rings is 3. The van der Waals surface area contributed by atoms with Gasteiger partial charge in [-0.25, -0.2) is 0 Å². The molecule has 0 N–H and O–H groups in total. The average Bonchev–Trinajstić information content (AvgIpc) is 3.81. The molecule has 4 aliphatic carbocycles. The molecule has 0 unspecified atom stereocenters. The van der Waals surface area contributed by atoms with Crippen molar-refractivity contribution < 1.29 is 0 Å². The lowest BCUT2D eigenvalue weighted by molar-refractivity contribution is 0.521. The summed E-state index contributed by atoms with van der Waals surface area (Å²) >= 11 is 0. The van der Waals surface area contributed by atoms with E-state index in [0.29, 0.717) is 5.92 Å². The molecule has 306 valence electrons. The van der Waals surface area contributed by atoms with Gasteiger partial charge in [0.25, 0.3) is 0 Å². The first-order valence-electron chi connectivity index (χ1n) is 20.9. The Bertz CT molecular complexity index is 1280. The average molecular weight is 723 g/mol. The van der Waals surface area contributed by atoms with Crippen LogP contribution in [0.4, 0.5) is 0 Å². The summed E-state index contributed by atoms with van der Waals surface area (Å²) in [5.74, 6) is 6.26. The Morgan fingerprint density at radius 2 is 0.673 bits per heavy atom. The molecule has 0 aromatic heterocycles. The molecule has 0 nitrogen and oxygen atoms in total. The summed E-state index contributed by atoms with van der Waals surface area (Å²) in [7, 11) is 0. The van der Waals surface area contributed by atoms with Crippen LogP contribution in [0.5, 0.6) is 0 Å². The first-order valence-corrected chi connectivity index (χ1v) is 20.9. The molecule has 3 aromatic carbocycles. The number of hydrogen-bond acceptors (Lipinski definition) is 0. The number of hydrogen-bond donors (Lipinski definition) is 0. The quantitative estimate of drug-likeness (QED) is 0.217. The monoisotopic (exact) mass is 723 g/mol. The van der Waals surface area contributed by atoms with E-state index in [0.717, 1.165) is 41.4 Å². The zero-order chi connectivity index (χ0) is 37.5. The summed E-state index contributed by atoms with van der Waals surface area (Å²) in [6, 6.07) is 14.2. The fourth-order valence-electron chi connectivity index (χ4n) is 8.28. The van der Waals surface area contributed by atoms with E-state index >= 15 is 0 Å². The van der Waals surface area contributed by atoms with Crippen LogP contribution in [0.25, 0.3) is 10.8 Å². The van der Waals surface area contributed by atoms with Gasteiger partial charge in [-0.1, -0.05) is 205 Å². The normalized spacial score (nSPS) is 24.0. The van der Waals surface area contributed by atoms with Gasteiger partial charge in [0.05, 0.1) is 0 Å². The lowest BCUT2D eigenvalue weighted by atomic mass is 9.86. The summed E-state index contributed by atoms with van der Waals surface area (Å²) < 4.78 is 0. The predicted molar refractivity (Wildman–Crippen MR) is 251 cm³/mol. The zero-order valence-corrected chi connectivity index (χ0v) is 35.9. The molecule has 52 heavy (non-hydrogen) atoms. The van der Waals surface area contributed by atoms with Crippen molar-refractivity contribution in [2.45, 2.75) is 218 Å². The third-order valence-electron chi connectivity index (χ3n) is 11.4. The van der Waals surface area contributed by atoms with Crippen LogP contribution >= 0.6 is 0 Å². The second kappa shape index (κ2) is 29.3. The summed E-state index contributed by atoms with van der Waals surface area (Å²) in [5, 5.41) is 3.08. The van der Waals surface area contributed by atoms with Crippen LogP contribution in [0.15, 0.2) is 36.4 Å². The molecule has 0 radical (unpaired) electrons. The van der Waals surface area contributed by atoms with E-state index in [4.69, 9.17) is 0 Å². The number of fused-ring (bicyclic) bond motifs is 8. The van der Waals surface area contributed by atoms with E-state index in [9.17, 15) is 0 Å². The van der Waals surface area contributed by atoms with Crippen molar-refractivity contribution in [3.8, 4) is 0 Å². The van der Waals surface area contributed by atoms with Crippen LogP contribution in [-0.2, 0) is 25.7 Å². The second-order valence-corrected chi connectivity index (χ2v) is 13.5. The van der Waals surface area contributed by atoms with Gasteiger partial charge in [0.2, 0.25) is 0 Å². The highest BCUT2D eigenvalue weighted by molar-refractivity contribution is 5.93. The van der Waals surface area contributed by atoms with E-state index in [1.165, 1.54) is 25.7 Å². The van der Waals surface area contributed by atoms with E-state index in [1.54, 1.807) is 55.3 Å². The Hall–Kier alpha value is -2.08. The molecule has 0 saturated carbocycles. The summed E-state index contributed by atoms with van der Waals surface area (Å²) in [6.07, 6.45) is 5.16. The third kappa shape index (κ3) is 12.2. The van der Waals surface area contributed by atoms with Gasteiger partial charge >= 0.3 is 0 Å². The van der Waals surface area contributed by atoms with Crippen molar-refractivity contribution in [2.24, 2.45) is 23.7 Å². The fraction of sp³-hybridized carbons (Fsp3) is 0.692. The molecule has 0 spiro atoms. The molecule has 0 heterocycles. The highest BCUT2D eigenvalue weighted by atomic mass is 14.4. The molecule has 7 rings (SSSR count). The van der Waals surface area contributed by atoms with Gasteiger partial charge in [-0.15, -0.1) is 0 Å². The first-order chi connectivity index (χ1) is 23.2. The SMILES string of the molecule is C.C.C.C.CC.CC.CC.CC.CC.CC.C[C@@H]1Cc2c(c3c(c4ccccc24)[C@H](C)[C@H](C)C3)[C@@H]1C.C[C@@H]1Cc2cc3c(cc2[C@@H]1C)C[C@@H](C)[C@H]3C. The molecule has 0 heteroatoms. The topological polar surface area (TPSA) is 0 Å². The van der Waals surface area contributed by atoms with Gasteiger partial charge in [0.15, 0.2) is 0 Å². The highest BCUT2D eigenvalue weighted by Crippen LogP contribution is 2.51. The molecular weight excluding hydrogens is 625 g/mol. The minimum absolute atomic E-state index is 0. The Labute approximate surface area is 331 Å². The molecule has 0 bridgehead atoms. The van der Waals surface area contributed by atoms with Crippen molar-refractivity contribution in [3.05, 3.63) is 80.9 Å². The van der Waals surface area contributed by atoms with Crippen LogP contribution in [0.2, 0.25) is 0 Å². The molecule has 8 atom stereocenters. The Kier molecular flexibility index (Phi) is 33.4.